The molecule has 0 spiro atoms. The minimum atomic E-state index is 0.512. The Morgan fingerprint density at radius 3 is 2.62 bits per heavy atom. The van der Waals surface area contributed by atoms with Gasteiger partial charge in [0.2, 0.25) is 0 Å². The highest BCUT2D eigenvalue weighted by Gasteiger charge is 2.10. The Kier molecular flexibility index (Phi) is 7.53. The molecule has 0 amide bonds. The highest BCUT2D eigenvalue weighted by atomic mass is 16.5. The second-order valence-electron chi connectivity index (χ2n) is 6.13. The zero-order chi connectivity index (χ0) is 17.2. The second-order valence-corrected chi connectivity index (χ2v) is 6.13. The Labute approximate surface area is 145 Å². The van der Waals surface area contributed by atoms with Gasteiger partial charge in [-0.15, -0.1) is 0 Å². The van der Waals surface area contributed by atoms with Gasteiger partial charge in [0.15, 0.2) is 11.5 Å². The van der Waals surface area contributed by atoms with Gasteiger partial charge in [0.05, 0.1) is 25.1 Å². The topological polar surface area (TPSA) is 44.2 Å². The highest BCUT2D eigenvalue weighted by molar-refractivity contribution is 5.63. The molecule has 130 valence electrons. The maximum Gasteiger partial charge on any atom is 0.161 e. The molecule has 0 saturated carbocycles. The van der Waals surface area contributed by atoms with Crippen molar-refractivity contribution in [3.8, 4) is 22.8 Å². The van der Waals surface area contributed by atoms with Crippen molar-refractivity contribution in [3.05, 3.63) is 36.8 Å². The number of unbranched alkanes of at least 4 members (excludes halogenated alkanes) is 2. The number of nitrogens with zero attached hydrogens (tertiary/aromatic N) is 2. The first-order valence-electron chi connectivity index (χ1n) is 8.90. The summed E-state index contributed by atoms with van der Waals surface area (Å²) in [5.41, 5.74) is 1.83. The van der Waals surface area contributed by atoms with Crippen LogP contribution in [0.3, 0.4) is 0 Å². The summed E-state index contributed by atoms with van der Waals surface area (Å²) >= 11 is 0. The maximum atomic E-state index is 6.04. The molecule has 1 atom stereocenters. The summed E-state index contributed by atoms with van der Waals surface area (Å²) < 4.78 is 12.0. The van der Waals surface area contributed by atoms with Gasteiger partial charge in [0.25, 0.3) is 0 Å². The third-order valence-corrected chi connectivity index (χ3v) is 4.03. The summed E-state index contributed by atoms with van der Waals surface area (Å²) in [6.07, 6.45) is 9.66. The summed E-state index contributed by atoms with van der Waals surface area (Å²) in [7, 11) is 0. The standard InChI is InChI=1S/C20H28N2O2/c1-4-6-7-12-23-19-9-8-17(18-14-21-10-11-22-18)13-20(19)24-15-16(3)5-2/h8-11,13-14,16H,4-7,12,15H2,1-3H3. The van der Waals surface area contributed by atoms with Gasteiger partial charge >= 0.3 is 0 Å². The van der Waals surface area contributed by atoms with E-state index in [1.165, 1.54) is 12.8 Å². The molecule has 0 bridgehead atoms. The minimum Gasteiger partial charge on any atom is -0.490 e. The molecule has 24 heavy (non-hydrogen) atoms. The number of hydrogen-bond donors (Lipinski definition) is 0. The fourth-order valence-electron chi connectivity index (χ4n) is 2.23. The van der Waals surface area contributed by atoms with Gasteiger partial charge < -0.3 is 9.47 Å². The summed E-state index contributed by atoms with van der Waals surface area (Å²) in [4.78, 5) is 8.49. The number of aromatic nitrogens is 2. The fraction of sp³-hybridized carbons (Fsp3) is 0.500. The van der Waals surface area contributed by atoms with Gasteiger partial charge in [0.1, 0.15) is 0 Å². The molecule has 0 saturated heterocycles. The zero-order valence-corrected chi connectivity index (χ0v) is 15.0. The van der Waals surface area contributed by atoms with Crippen LogP contribution in [0.25, 0.3) is 11.3 Å². The Bertz CT molecular complexity index is 602. The SMILES string of the molecule is CCCCCOc1ccc(-c2cnccn2)cc1OCC(C)CC. The second kappa shape index (κ2) is 9.91. The van der Waals surface area contributed by atoms with E-state index in [1.54, 1.807) is 18.6 Å². The van der Waals surface area contributed by atoms with E-state index < -0.39 is 0 Å². The fourth-order valence-corrected chi connectivity index (χ4v) is 2.23. The van der Waals surface area contributed by atoms with Crippen molar-refractivity contribution in [1.29, 1.82) is 0 Å². The average Bonchev–Trinajstić information content (AvgIpc) is 2.64. The third-order valence-electron chi connectivity index (χ3n) is 4.03. The van der Waals surface area contributed by atoms with Crippen LogP contribution < -0.4 is 9.47 Å². The lowest BCUT2D eigenvalue weighted by molar-refractivity contribution is 0.232. The van der Waals surface area contributed by atoms with Crippen LogP contribution in [-0.4, -0.2) is 23.2 Å². The molecule has 0 aliphatic carbocycles. The molecule has 1 aromatic carbocycles. The lowest BCUT2D eigenvalue weighted by Crippen LogP contribution is -2.09. The van der Waals surface area contributed by atoms with Gasteiger partial charge in [-0.1, -0.05) is 40.0 Å². The van der Waals surface area contributed by atoms with Crippen LogP contribution in [-0.2, 0) is 0 Å². The maximum absolute atomic E-state index is 6.04. The molecule has 1 unspecified atom stereocenters. The van der Waals surface area contributed by atoms with E-state index in [0.29, 0.717) is 12.5 Å². The van der Waals surface area contributed by atoms with E-state index in [2.05, 4.69) is 30.7 Å². The predicted molar refractivity (Wildman–Crippen MR) is 97.4 cm³/mol. The Balaban J connectivity index is 2.15. The Morgan fingerprint density at radius 1 is 1.04 bits per heavy atom. The Morgan fingerprint density at radius 2 is 1.92 bits per heavy atom. The molecule has 0 aliphatic heterocycles. The molecule has 0 radical (unpaired) electrons. The molecular formula is C20H28N2O2. The lowest BCUT2D eigenvalue weighted by Gasteiger charge is -2.16. The molecule has 1 heterocycles. The van der Waals surface area contributed by atoms with Gasteiger partial charge in [-0.05, 0) is 30.5 Å². The number of rotatable bonds is 10. The molecule has 0 aliphatic rings. The van der Waals surface area contributed by atoms with E-state index in [4.69, 9.17) is 9.47 Å². The van der Waals surface area contributed by atoms with Gasteiger partial charge in [-0.25, -0.2) is 0 Å². The van der Waals surface area contributed by atoms with Crippen LogP contribution in [0.5, 0.6) is 11.5 Å². The van der Waals surface area contributed by atoms with Crippen molar-refractivity contribution >= 4 is 0 Å². The van der Waals surface area contributed by atoms with Crippen molar-refractivity contribution < 1.29 is 9.47 Å². The summed E-state index contributed by atoms with van der Waals surface area (Å²) in [5, 5.41) is 0. The molecule has 4 heteroatoms. The molecular weight excluding hydrogens is 300 g/mol. The molecule has 2 rings (SSSR count). The lowest BCUT2D eigenvalue weighted by atomic mass is 10.1. The first-order valence-corrected chi connectivity index (χ1v) is 8.90. The number of hydrogen-bond acceptors (Lipinski definition) is 4. The van der Waals surface area contributed by atoms with Gasteiger partial charge in [0, 0.05) is 18.0 Å². The number of ether oxygens (including phenoxy) is 2. The summed E-state index contributed by atoms with van der Waals surface area (Å²) in [5.74, 6) is 2.11. The summed E-state index contributed by atoms with van der Waals surface area (Å²) in [6, 6.07) is 5.98. The number of benzene rings is 1. The van der Waals surface area contributed by atoms with E-state index in [0.717, 1.165) is 42.2 Å². The van der Waals surface area contributed by atoms with Crippen LogP contribution in [0.2, 0.25) is 0 Å². The quantitative estimate of drug-likeness (QED) is 0.567. The zero-order valence-electron chi connectivity index (χ0n) is 15.0. The molecule has 0 N–H and O–H groups in total. The van der Waals surface area contributed by atoms with Crippen LogP contribution >= 0.6 is 0 Å². The molecule has 1 aromatic heterocycles. The van der Waals surface area contributed by atoms with Crippen molar-refractivity contribution in [2.24, 2.45) is 5.92 Å². The summed E-state index contributed by atoms with van der Waals surface area (Å²) in [6.45, 7) is 7.96. The van der Waals surface area contributed by atoms with Crippen LogP contribution in [0.4, 0.5) is 0 Å². The monoisotopic (exact) mass is 328 g/mol. The predicted octanol–water partition coefficient (Wildman–Crippen LogP) is 5.14. The minimum absolute atomic E-state index is 0.512. The molecule has 2 aromatic rings. The van der Waals surface area contributed by atoms with E-state index in [1.807, 2.05) is 18.2 Å². The van der Waals surface area contributed by atoms with Crippen molar-refractivity contribution in [2.75, 3.05) is 13.2 Å². The van der Waals surface area contributed by atoms with E-state index >= 15 is 0 Å². The normalized spacial score (nSPS) is 12.0. The highest BCUT2D eigenvalue weighted by Crippen LogP contribution is 2.32. The Hall–Kier alpha value is -2.10. The van der Waals surface area contributed by atoms with Crippen molar-refractivity contribution in [3.63, 3.8) is 0 Å². The van der Waals surface area contributed by atoms with Crippen LogP contribution in [0.15, 0.2) is 36.8 Å². The first kappa shape index (κ1) is 18.2. The van der Waals surface area contributed by atoms with Crippen LogP contribution in [0, 0.1) is 5.92 Å². The van der Waals surface area contributed by atoms with Gasteiger partial charge in [-0.2, -0.15) is 0 Å². The molecule has 0 fully saturated rings. The van der Waals surface area contributed by atoms with Crippen LogP contribution in [0.1, 0.15) is 46.5 Å². The van der Waals surface area contributed by atoms with E-state index in [9.17, 15) is 0 Å². The van der Waals surface area contributed by atoms with E-state index in [-0.39, 0.29) is 0 Å². The van der Waals surface area contributed by atoms with Crippen molar-refractivity contribution in [2.45, 2.75) is 46.5 Å². The smallest absolute Gasteiger partial charge is 0.161 e. The largest absolute Gasteiger partial charge is 0.490 e. The first-order chi connectivity index (χ1) is 11.7. The third kappa shape index (κ3) is 5.52. The van der Waals surface area contributed by atoms with Gasteiger partial charge in [-0.3, -0.25) is 9.97 Å². The molecule has 4 nitrogen and oxygen atoms in total. The average molecular weight is 328 g/mol. The van der Waals surface area contributed by atoms with Crippen molar-refractivity contribution in [1.82, 2.24) is 9.97 Å².